The van der Waals surface area contributed by atoms with E-state index in [4.69, 9.17) is 0 Å². The Bertz CT molecular complexity index is 1090. The third-order valence-electron chi connectivity index (χ3n) is 5.35. The molecule has 1 aromatic carbocycles. The first-order valence-electron chi connectivity index (χ1n) is 9.91. The Morgan fingerprint density at radius 3 is 2.52 bits per heavy atom. The summed E-state index contributed by atoms with van der Waals surface area (Å²) in [5.41, 5.74) is 0.179. The summed E-state index contributed by atoms with van der Waals surface area (Å²) in [6, 6.07) is 8.08. The molecule has 1 aliphatic heterocycles. The van der Waals surface area contributed by atoms with E-state index >= 15 is 0 Å². The highest BCUT2D eigenvalue weighted by molar-refractivity contribution is 5.94. The van der Waals surface area contributed by atoms with Gasteiger partial charge in [-0.15, -0.1) is 0 Å². The molecule has 0 bridgehead atoms. The molecule has 0 aliphatic carbocycles. The van der Waals surface area contributed by atoms with Crippen LogP contribution in [0.2, 0.25) is 0 Å². The number of likely N-dealkylation sites (N-methyl/N-ethyl adjacent to an activating group) is 1. The van der Waals surface area contributed by atoms with E-state index in [1.165, 1.54) is 6.20 Å². The standard InChI is InChI=1S/C22H22F3N5O/c1-29-4-6-30(7-5-29)14-21(31)28-20-10-17-8-15(2-3-16(17)12-27-20)18-9-19(13-26-11-18)22(23,24)25/h2-3,8-13H,4-7,14H2,1H3,(H,27,28,31). The quantitative estimate of drug-likeness (QED) is 0.688. The van der Waals surface area contributed by atoms with Crippen LogP contribution in [-0.4, -0.2) is 65.4 Å². The number of carbonyl (C=O) groups is 1. The van der Waals surface area contributed by atoms with Crippen molar-refractivity contribution in [2.45, 2.75) is 6.18 Å². The molecule has 0 saturated carbocycles. The topological polar surface area (TPSA) is 61.4 Å². The smallest absolute Gasteiger partial charge is 0.310 e. The molecule has 162 valence electrons. The second kappa shape index (κ2) is 8.60. The highest BCUT2D eigenvalue weighted by Crippen LogP contribution is 2.32. The largest absolute Gasteiger partial charge is 0.417 e. The van der Waals surface area contributed by atoms with Crippen LogP contribution in [0, 0.1) is 0 Å². The van der Waals surface area contributed by atoms with E-state index < -0.39 is 11.7 Å². The molecule has 31 heavy (non-hydrogen) atoms. The minimum Gasteiger partial charge on any atom is -0.310 e. The third-order valence-corrected chi connectivity index (χ3v) is 5.35. The van der Waals surface area contributed by atoms with Crippen molar-refractivity contribution >= 4 is 22.5 Å². The van der Waals surface area contributed by atoms with Gasteiger partial charge in [0.15, 0.2) is 0 Å². The van der Waals surface area contributed by atoms with E-state index in [0.29, 0.717) is 23.5 Å². The number of alkyl halides is 3. The number of carbonyl (C=O) groups excluding carboxylic acids is 1. The Labute approximate surface area is 177 Å². The molecule has 2 aromatic heterocycles. The van der Waals surface area contributed by atoms with E-state index in [-0.39, 0.29) is 5.91 Å². The van der Waals surface area contributed by atoms with E-state index in [1.807, 2.05) is 0 Å². The van der Waals surface area contributed by atoms with Crippen molar-refractivity contribution in [1.29, 1.82) is 0 Å². The number of aromatic nitrogens is 2. The number of nitrogens with one attached hydrogen (secondary N) is 1. The highest BCUT2D eigenvalue weighted by Gasteiger charge is 2.31. The average molecular weight is 429 g/mol. The number of benzene rings is 1. The SMILES string of the molecule is CN1CCN(CC(=O)Nc2cc3cc(-c4cncc(C(F)(F)F)c4)ccc3cn2)CC1. The Morgan fingerprint density at radius 2 is 1.77 bits per heavy atom. The summed E-state index contributed by atoms with van der Waals surface area (Å²) in [5.74, 6) is 0.264. The molecule has 6 nitrogen and oxygen atoms in total. The molecule has 1 fully saturated rings. The molecular formula is C22H22F3N5O. The number of nitrogens with zero attached hydrogens (tertiary/aromatic N) is 4. The Kier molecular flexibility index (Phi) is 5.88. The van der Waals surface area contributed by atoms with Crippen molar-refractivity contribution in [1.82, 2.24) is 19.8 Å². The van der Waals surface area contributed by atoms with Crippen LogP contribution in [0.5, 0.6) is 0 Å². The molecule has 1 amide bonds. The molecule has 1 saturated heterocycles. The van der Waals surface area contributed by atoms with Crippen LogP contribution in [0.15, 0.2) is 48.9 Å². The maximum Gasteiger partial charge on any atom is 0.417 e. The maximum absolute atomic E-state index is 13.0. The number of amides is 1. The van der Waals surface area contributed by atoms with Crippen LogP contribution in [0.25, 0.3) is 21.9 Å². The summed E-state index contributed by atoms with van der Waals surface area (Å²) in [5, 5.41) is 4.40. The summed E-state index contributed by atoms with van der Waals surface area (Å²) in [7, 11) is 2.06. The van der Waals surface area contributed by atoms with Gasteiger partial charge in [0.1, 0.15) is 5.82 Å². The van der Waals surface area contributed by atoms with Gasteiger partial charge in [0.2, 0.25) is 5.91 Å². The zero-order valence-corrected chi connectivity index (χ0v) is 17.0. The van der Waals surface area contributed by atoms with Crippen molar-refractivity contribution in [2.75, 3.05) is 45.1 Å². The summed E-state index contributed by atoms with van der Waals surface area (Å²) >= 11 is 0. The zero-order chi connectivity index (χ0) is 22.0. The zero-order valence-electron chi connectivity index (χ0n) is 17.0. The summed E-state index contributed by atoms with van der Waals surface area (Å²) in [6.07, 6.45) is -0.612. The van der Waals surface area contributed by atoms with Gasteiger partial charge in [0.05, 0.1) is 12.1 Å². The summed E-state index contributed by atoms with van der Waals surface area (Å²) in [4.78, 5) is 24.7. The van der Waals surface area contributed by atoms with Gasteiger partial charge in [-0.1, -0.05) is 12.1 Å². The Hall–Kier alpha value is -3.04. The first-order valence-corrected chi connectivity index (χ1v) is 9.91. The normalized spacial score (nSPS) is 15.9. The fourth-order valence-corrected chi connectivity index (χ4v) is 3.53. The van der Waals surface area contributed by atoms with Crippen molar-refractivity contribution < 1.29 is 18.0 Å². The number of halogens is 3. The lowest BCUT2D eigenvalue weighted by atomic mass is 10.0. The number of hydrogen-bond donors (Lipinski definition) is 1. The van der Waals surface area contributed by atoms with Crippen molar-refractivity contribution in [3.63, 3.8) is 0 Å². The number of pyridine rings is 2. The molecule has 4 rings (SSSR count). The van der Waals surface area contributed by atoms with Crippen LogP contribution in [0.1, 0.15) is 5.56 Å². The predicted octanol–water partition coefficient (Wildman–Crippen LogP) is 3.50. The maximum atomic E-state index is 13.0. The van der Waals surface area contributed by atoms with E-state index in [2.05, 4.69) is 32.1 Å². The van der Waals surface area contributed by atoms with Gasteiger partial charge < -0.3 is 10.2 Å². The van der Waals surface area contributed by atoms with Crippen molar-refractivity contribution in [2.24, 2.45) is 0 Å². The number of anilines is 1. The molecule has 1 aliphatic rings. The van der Waals surface area contributed by atoms with E-state index in [0.717, 1.165) is 49.2 Å². The van der Waals surface area contributed by atoms with Crippen LogP contribution >= 0.6 is 0 Å². The van der Waals surface area contributed by atoms with E-state index in [1.54, 1.807) is 30.5 Å². The number of rotatable bonds is 4. The summed E-state index contributed by atoms with van der Waals surface area (Å²) in [6.45, 7) is 3.82. The molecule has 0 atom stereocenters. The number of fused-ring (bicyclic) bond motifs is 1. The molecule has 0 spiro atoms. The lowest BCUT2D eigenvalue weighted by Crippen LogP contribution is -2.47. The van der Waals surface area contributed by atoms with E-state index in [9.17, 15) is 18.0 Å². The lowest BCUT2D eigenvalue weighted by molar-refractivity contribution is -0.137. The minimum atomic E-state index is -4.45. The summed E-state index contributed by atoms with van der Waals surface area (Å²) < 4.78 is 39.0. The second-order valence-corrected chi connectivity index (χ2v) is 7.72. The van der Waals surface area contributed by atoms with Gasteiger partial charge in [0, 0.05) is 55.7 Å². The van der Waals surface area contributed by atoms with Crippen LogP contribution < -0.4 is 5.32 Å². The molecule has 0 unspecified atom stereocenters. The minimum absolute atomic E-state index is 0.144. The highest BCUT2D eigenvalue weighted by atomic mass is 19.4. The monoisotopic (exact) mass is 429 g/mol. The fourth-order valence-electron chi connectivity index (χ4n) is 3.53. The van der Waals surface area contributed by atoms with Gasteiger partial charge in [-0.05, 0) is 36.2 Å². The fraction of sp³-hybridized carbons (Fsp3) is 0.318. The molecule has 9 heteroatoms. The number of hydrogen-bond acceptors (Lipinski definition) is 5. The predicted molar refractivity (Wildman–Crippen MR) is 113 cm³/mol. The first-order chi connectivity index (χ1) is 14.8. The molecule has 3 heterocycles. The molecular weight excluding hydrogens is 407 g/mol. The molecule has 1 N–H and O–H groups in total. The van der Waals surface area contributed by atoms with Crippen LogP contribution in [-0.2, 0) is 11.0 Å². The van der Waals surface area contributed by atoms with Gasteiger partial charge in [0.25, 0.3) is 0 Å². The van der Waals surface area contributed by atoms with Crippen LogP contribution in [0.4, 0.5) is 19.0 Å². The third kappa shape index (κ3) is 5.18. The van der Waals surface area contributed by atoms with Crippen LogP contribution in [0.3, 0.4) is 0 Å². The molecule has 0 radical (unpaired) electrons. The Balaban J connectivity index is 1.52. The van der Waals surface area contributed by atoms with Gasteiger partial charge in [-0.3, -0.25) is 14.7 Å². The van der Waals surface area contributed by atoms with Gasteiger partial charge in [-0.2, -0.15) is 13.2 Å². The molecule has 3 aromatic rings. The first kappa shape index (κ1) is 21.2. The van der Waals surface area contributed by atoms with Gasteiger partial charge >= 0.3 is 6.18 Å². The lowest BCUT2D eigenvalue weighted by Gasteiger charge is -2.31. The van der Waals surface area contributed by atoms with Gasteiger partial charge in [-0.25, -0.2) is 4.98 Å². The number of piperazine rings is 1. The Morgan fingerprint density at radius 1 is 1.00 bits per heavy atom. The van der Waals surface area contributed by atoms with Crippen molar-refractivity contribution in [3.05, 3.63) is 54.5 Å². The second-order valence-electron chi connectivity index (χ2n) is 7.72. The van der Waals surface area contributed by atoms with Crippen molar-refractivity contribution in [3.8, 4) is 11.1 Å². The average Bonchev–Trinajstić information content (AvgIpc) is 2.74.